The van der Waals surface area contributed by atoms with Gasteiger partial charge in [-0.3, -0.25) is 4.79 Å². The van der Waals surface area contributed by atoms with Gasteiger partial charge in [-0.05, 0) is 56.4 Å². The molecule has 1 amide bonds. The number of carbonyl (C=O) groups is 1. The molecular weight excluding hydrogens is 362 g/mol. The van der Waals surface area contributed by atoms with E-state index in [0.29, 0.717) is 17.7 Å². The maximum atomic E-state index is 12.7. The van der Waals surface area contributed by atoms with Crippen LogP contribution < -0.4 is 0 Å². The van der Waals surface area contributed by atoms with Crippen LogP contribution in [0.3, 0.4) is 0 Å². The predicted octanol–water partition coefficient (Wildman–Crippen LogP) is 2.86. The number of aryl methyl sites for hydroxylation is 3. The van der Waals surface area contributed by atoms with Crippen molar-refractivity contribution >= 4 is 16.9 Å². The van der Waals surface area contributed by atoms with Gasteiger partial charge in [-0.2, -0.15) is 5.26 Å². The van der Waals surface area contributed by atoms with E-state index < -0.39 is 0 Å². The molecule has 3 aromatic rings. The van der Waals surface area contributed by atoms with E-state index in [4.69, 9.17) is 10.2 Å². The van der Waals surface area contributed by atoms with E-state index in [2.05, 4.69) is 15.5 Å². The molecule has 29 heavy (non-hydrogen) atoms. The maximum Gasteiger partial charge on any atom is 0.253 e. The largest absolute Gasteiger partial charge is 0.340 e. The van der Waals surface area contributed by atoms with Crippen LogP contribution in [0.25, 0.3) is 11.0 Å². The monoisotopic (exact) mass is 389 g/mol. The second kappa shape index (κ2) is 8.89. The fraction of sp³-hybridized carbons (Fsp3) is 0.348. The molecule has 1 aromatic heterocycles. The Morgan fingerprint density at radius 2 is 1.79 bits per heavy atom. The van der Waals surface area contributed by atoms with E-state index in [-0.39, 0.29) is 5.91 Å². The minimum atomic E-state index is 0.0125. The summed E-state index contributed by atoms with van der Waals surface area (Å²) < 4.78 is 2.09. The van der Waals surface area contributed by atoms with Crippen LogP contribution in [0.2, 0.25) is 0 Å². The van der Waals surface area contributed by atoms with E-state index in [1.165, 1.54) is 5.56 Å². The van der Waals surface area contributed by atoms with Crippen LogP contribution in [0.1, 0.15) is 27.3 Å². The van der Waals surface area contributed by atoms with E-state index in [9.17, 15) is 4.79 Å². The van der Waals surface area contributed by atoms with Crippen molar-refractivity contribution in [1.82, 2.24) is 19.4 Å². The summed E-state index contributed by atoms with van der Waals surface area (Å²) in [5.41, 5.74) is 4.37. The van der Waals surface area contributed by atoms with Gasteiger partial charge in [0.05, 0.1) is 22.7 Å². The second-order valence-electron chi connectivity index (χ2n) is 7.63. The summed E-state index contributed by atoms with van der Waals surface area (Å²) in [5, 5.41) is 8.91. The SMILES string of the molecule is CN(C)CCN(C)C(=O)c1ccc2c(c1)nc(CCc1ccc(C#N)cc1)n2C. The molecular formula is C23H27N5O. The van der Waals surface area contributed by atoms with Crippen molar-refractivity contribution < 1.29 is 4.79 Å². The fourth-order valence-electron chi connectivity index (χ4n) is 3.28. The molecule has 3 rings (SSSR count). The van der Waals surface area contributed by atoms with Gasteiger partial charge in [0.1, 0.15) is 5.82 Å². The molecule has 6 heteroatoms. The summed E-state index contributed by atoms with van der Waals surface area (Å²) in [6, 6.07) is 15.5. The Kier molecular flexibility index (Phi) is 6.30. The van der Waals surface area contributed by atoms with E-state index >= 15 is 0 Å². The van der Waals surface area contributed by atoms with Crippen LogP contribution in [0, 0.1) is 11.3 Å². The Morgan fingerprint density at radius 1 is 1.07 bits per heavy atom. The summed E-state index contributed by atoms with van der Waals surface area (Å²) >= 11 is 0. The van der Waals surface area contributed by atoms with Gasteiger partial charge in [0, 0.05) is 39.2 Å². The summed E-state index contributed by atoms with van der Waals surface area (Å²) in [6.07, 6.45) is 1.64. The number of benzene rings is 2. The maximum absolute atomic E-state index is 12.7. The van der Waals surface area contributed by atoms with Gasteiger partial charge in [-0.1, -0.05) is 12.1 Å². The van der Waals surface area contributed by atoms with Crippen LogP contribution >= 0.6 is 0 Å². The minimum Gasteiger partial charge on any atom is -0.340 e. The molecule has 1 heterocycles. The van der Waals surface area contributed by atoms with Crippen molar-refractivity contribution in [3.8, 4) is 6.07 Å². The smallest absolute Gasteiger partial charge is 0.253 e. The Hall–Kier alpha value is -3.17. The van der Waals surface area contributed by atoms with Gasteiger partial charge >= 0.3 is 0 Å². The highest BCUT2D eigenvalue weighted by atomic mass is 16.2. The first-order chi connectivity index (χ1) is 13.9. The van der Waals surface area contributed by atoms with Crippen molar-refractivity contribution in [1.29, 1.82) is 5.26 Å². The zero-order valence-corrected chi connectivity index (χ0v) is 17.5. The van der Waals surface area contributed by atoms with Crippen LogP contribution in [0.4, 0.5) is 0 Å². The van der Waals surface area contributed by atoms with Gasteiger partial charge in [0.25, 0.3) is 5.91 Å². The molecule has 0 saturated carbocycles. The second-order valence-corrected chi connectivity index (χ2v) is 7.63. The molecule has 0 aliphatic carbocycles. The normalized spacial score (nSPS) is 11.0. The zero-order chi connectivity index (χ0) is 21.0. The van der Waals surface area contributed by atoms with Crippen molar-refractivity contribution in [3.63, 3.8) is 0 Å². The fourth-order valence-corrected chi connectivity index (χ4v) is 3.28. The number of aromatic nitrogens is 2. The average Bonchev–Trinajstić information content (AvgIpc) is 3.05. The number of rotatable bonds is 7. The Bertz CT molecular complexity index is 1040. The number of hydrogen-bond donors (Lipinski definition) is 0. The number of fused-ring (bicyclic) bond motifs is 1. The molecule has 150 valence electrons. The quantitative estimate of drug-likeness (QED) is 0.623. The number of amides is 1. The molecule has 0 unspecified atom stereocenters. The third-order valence-electron chi connectivity index (χ3n) is 5.17. The standard InChI is InChI=1S/C23H27N5O/c1-26(2)13-14-27(3)23(29)19-10-11-21-20(15-19)25-22(28(21)4)12-9-17-5-7-18(16-24)8-6-17/h5-8,10-11,15H,9,12-14H2,1-4H3. The van der Waals surface area contributed by atoms with Gasteiger partial charge in [0.2, 0.25) is 0 Å². The average molecular weight is 390 g/mol. The molecule has 0 radical (unpaired) electrons. The van der Waals surface area contributed by atoms with E-state index in [1.54, 1.807) is 4.90 Å². The molecule has 0 aliphatic rings. The van der Waals surface area contributed by atoms with Crippen LogP contribution in [-0.4, -0.2) is 59.5 Å². The molecule has 0 N–H and O–H groups in total. The Morgan fingerprint density at radius 3 is 2.45 bits per heavy atom. The molecule has 0 saturated heterocycles. The minimum absolute atomic E-state index is 0.0125. The third kappa shape index (κ3) is 4.82. The lowest BCUT2D eigenvalue weighted by Gasteiger charge is -2.19. The first-order valence-corrected chi connectivity index (χ1v) is 9.73. The van der Waals surface area contributed by atoms with Crippen molar-refractivity contribution in [2.24, 2.45) is 7.05 Å². The van der Waals surface area contributed by atoms with Gasteiger partial charge in [-0.25, -0.2) is 4.98 Å². The van der Waals surface area contributed by atoms with Crippen LogP contribution in [0.15, 0.2) is 42.5 Å². The highest BCUT2D eigenvalue weighted by molar-refractivity contribution is 5.97. The van der Waals surface area contributed by atoms with Gasteiger partial charge in [-0.15, -0.1) is 0 Å². The Labute approximate surface area is 172 Å². The molecule has 0 fully saturated rings. The summed E-state index contributed by atoms with van der Waals surface area (Å²) in [4.78, 5) is 21.3. The number of nitriles is 1. The molecule has 0 bridgehead atoms. The lowest BCUT2D eigenvalue weighted by Crippen LogP contribution is -2.33. The first-order valence-electron chi connectivity index (χ1n) is 9.73. The lowest BCUT2D eigenvalue weighted by atomic mass is 10.1. The third-order valence-corrected chi connectivity index (χ3v) is 5.17. The molecule has 0 spiro atoms. The number of nitrogens with zero attached hydrogens (tertiary/aromatic N) is 5. The lowest BCUT2D eigenvalue weighted by molar-refractivity contribution is 0.0786. The van der Waals surface area contributed by atoms with Crippen molar-refractivity contribution in [2.45, 2.75) is 12.8 Å². The molecule has 2 aromatic carbocycles. The molecule has 0 atom stereocenters. The van der Waals surface area contributed by atoms with Crippen LogP contribution in [-0.2, 0) is 19.9 Å². The number of hydrogen-bond acceptors (Lipinski definition) is 4. The highest BCUT2D eigenvalue weighted by Crippen LogP contribution is 2.19. The predicted molar refractivity (Wildman–Crippen MR) is 115 cm³/mol. The van der Waals surface area contributed by atoms with Gasteiger partial charge < -0.3 is 14.4 Å². The van der Waals surface area contributed by atoms with E-state index in [0.717, 1.165) is 36.2 Å². The topological polar surface area (TPSA) is 65.2 Å². The van der Waals surface area contributed by atoms with Gasteiger partial charge in [0.15, 0.2) is 0 Å². The summed E-state index contributed by atoms with van der Waals surface area (Å²) in [5.74, 6) is 0.994. The van der Waals surface area contributed by atoms with Crippen molar-refractivity contribution in [2.75, 3.05) is 34.2 Å². The first kappa shape index (κ1) is 20.6. The zero-order valence-electron chi connectivity index (χ0n) is 17.5. The Balaban J connectivity index is 1.74. The highest BCUT2D eigenvalue weighted by Gasteiger charge is 2.15. The van der Waals surface area contributed by atoms with Crippen molar-refractivity contribution in [3.05, 3.63) is 65.0 Å². The van der Waals surface area contributed by atoms with Crippen LogP contribution in [0.5, 0.6) is 0 Å². The molecule has 0 aliphatic heterocycles. The van der Waals surface area contributed by atoms with E-state index in [1.807, 2.05) is 70.7 Å². The number of imidazole rings is 1. The summed E-state index contributed by atoms with van der Waals surface area (Å²) in [6.45, 7) is 1.51. The number of likely N-dealkylation sites (N-methyl/N-ethyl adjacent to an activating group) is 2. The molecule has 6 nitrogen and oxygen atoms in total. The summed E-state index contributed by atoms with van der Waals surface area (Å²) in [7, 11) is 7.83. The number of carbonyl (C=O) groups excluding carboxylic acids is 1.